The summed E-state index contributed by atoms with van der Waals surface area (Å²) in [7, 11) is 0. The first kappa shape index (κ1) is 14.1. The molecule has 2 aliphatic heterocycles. The standard InChI is InChI=1S/C11H20N2OS.ClH/c12-10-2-1-5-13(8-10)11(14)9-3-6-15-7-4-9;/h9-10H,1-8,12H2;1H. The Morgan fingerprint density at radius 2 is 1.94 bits per heavy atom. The zero-order valence-electron chi connectivity index (χ0n) is 9.56. The fourth-order valence-electron chi connectivity index (χ4n) is 2.41. The molecule has 2 fully saturated rings. The molecule has 0 radical (unpaired) electrons. The van der Waals surface area contributed by atoms with Crippen molar-refractivity contribution in [2.45, 2.75) is 31.7 Å². The Hall–Kier alpha value is 0.0700. The van der Waals surface area contributed by atoms with Crippen LogP contribution < -0.4 is 5.73 Å². The molecular formula is C11H21ClN2OS. The highest BCUT2D eigenvalue weighted by Crippen LogP contribution is 2.25. The quantitative estimate of drug-likeness (QED) is 0.781. The Kier molecular flexibility index (Phi) is 5.94. The number of hydrogen-bond acceptors (Lipinski definition) is 3. The van der Waals surface area contributed by atoms with Crippen LogP contribution in [0.5, 0.6) is 0 Å². The van der Waals surface area contributed by atoms with E-state index in [9.17, 15) is 4.79 Å². The lowest BCUT2D eigenvalue weighted by Crippen LogP contribution is -2.48. The summed E-state index contributed by atoms with van der Waals surface area (Å²) in [6, 6.07) is 0.209. The van der Waals surface area contributed by atoms with Crippen LogP contribution in [0, 0.1) is 5.92 Å². The number of likely N-dealkylation sites (tertiary alicyclic amines) is 1. The van der Waals surface area contributed by atoms with Gasteiger partial charge in [0.25, 0.3) is 0 Å². The molecule has 2 aliphatic rings. The molecule has 2 heterocycles. The molecule has 1 unspecified atom stereocenters. The zero-order valence-corrected chi connectivity index (χ0v) is 11.2. The molecule has 0 aliphatic carbocycles. The van der Waals surface area contributed by atoms with Crippen LogP contribution in [-0.2, 0) is 4.79 Å². The van der Waals surface area contributed by atoms with Gasteiger partial charge in [-0.05, 0) is 37.2 Å². The van der Waals surface area contributed by atoms with E-state index in [-0.39, 0.29) is 24.4 Å². The van der Waals surface area contributed by atoms with Gasteiger partial charge in [-0.1, -0.05) is 0 Å². The largest absolute Gasteiger partial charge is 0.341 e. The van der Waals surface area contributed by atoms with Gasteiger partial charge < -0.3 is 10.6 Å². The average molecular weight is 265 g/mol. The molecule has 0 saturated carbocycles. The smallest absolute Gasteiger partial charge is 0.225 e. The second-order valence-electron chi connectivity index (χ2n) is 4.57. The summed E-state index contributed by atoms with van der Waals surface area (Å²) in [4.78, 5) is 14.2. The van der Waals surface area contributed by atoms with Gasteiger partial charge in [0.2, 0.25) is 5.91 Å². The van der Waals surface area contributed by atoms with Crippen LogP contribution in [-0.4, -0.2) is 41.4 Å². The number of hydrogen-bond donors (Lipinski definition) is 1. The molecule has 94 valence electrons. The molecule has 0 aromatic carbocycles. The molecule has 0 spiro atoms. The first-order chi connectivity index (χ1) is 7.27. The first-order valence-electron chi connectivity index (χ1n) is 5.89. The van der Waals surface area contributed by atoms with E-state index in [1.54, 1.807) is 0 Å². The minimum absolute atomic E-state index is 0. The van der Waals surface area contributed by atoms with Gasteiger partial charge >= 0.3 is 0 Å². The second kappa shape index (κ2) is 6.72. The van der Waals surface area contributed by atoms with Gasteiger partial charge in [0.1, 0.15) is 0 Å². The van der Waals surface area contributed by atoms with E-state index in [1.807, 2.05) is 16.7 Å². The average Bonchev–Trinajstić information content (AvgIpc) is 2.29. The lowest BCUT2D eigenvalue weighted by Gasteiger charge is -2.34. The van der Waals surface area contributed by atoms with Gasteiger partial charge in [0.05, 0.1) is 0 Å². The van der Waals surface area contributed by atoms with Crippen LogP contribution in [0.3, 0.4) is 0 Å². The van der Waals surface area contributed by atoms with Crippen LogP contribution in [0.2, 0.25) is 0 Å². The Labute approximate surface area is 108 Å². The number of thioether (sulfide) groups is 1. The van der Waals surface area contributed by atoms with Crippen LogP contribution in [0.4, 0.5) is 0 Å². The van der Waals surface area contributed by atoms with Crippen molar-refractivity contribution in [3.05, 3.63) is 0 Å². The van der Waals surface area contributed by atoms with Crippen molar-refractivity contribution in [2.24, 2.45) is 11.7 Å². The van der Waals surface area contributed by atoms with Crippen LogP contribution in [0.15, 0.2) is 0 Å². The lowest BCUT2D eigenvalue weighted by molar-refractivity contribution is -0.137. The number of rotatable bonds is 1. The highest BCUT2D eigenvalue weighted by atomic mass is 35.5. The van der Waals surface area contributed by atoms with Gasteiger partial charge in [0, 0.05) is 25.0 Å². The predicted molar refractivity (Wildman–Crippen MR) is 71.1 cm³/mol. The van der Waals surface area contributed by atoms with E-state index in [0.29, 0.717) is 5.91 Å². The van der Waals surface area contributed by atoms with Crippen molar-refractivity contribution in [1.29, 1.82) is 0 Å². The van der Waals surface area contributed by atoms with Gasteiger partial charge in [-0.15, -0.1) is 12.4 Å². The van der Waals surface area contributed by atoms with Gasteiger partial charge in [-0.3, -0.25) is 4.79 Å². The number of carbonyl (C=O) groups is 1. The monoisotopic (exact) mass is 264 g/mol. The van der Waals surface area contributed by atoms with Crippen molar-refractivity contribution < 1.29 is 4.79 Å². The first-order valence-corrected chi connectivity index (χ1v) is 7.05. The molecule has 0 bridgehead atoms. The molecule has 1 amide bonds. The summed E-state index contributed by atoms with van der Waals surface area (Å²) in [5, 5.41) is 0. The van der Waals surface area contributed by atoms with E-state index >= 15 is 0 Å². The van der Waals surface area contributed by atoms with Crippen LogP contribution >= 0.6 is 24.2 Å². The number of nitrogens with zero attached hydrogens (tertiary/aromatic N) is 1. The third-order valence-electron chi connectivity index (χ3n) is 3.34. The Morgan fingerprint density at radius 1 is 1.25 bits per heavy atom. The summed E-state index contributed by atoms with van der Waals surface area (Å²) in [6.07, 6.45) is 4.28. The maximum atomic E-state index is 12.2. The number of nitrogens with two attached hydrogens (primary N) is 1. The maximum Gasteiger partial charge on any atom is 0.225 e. The summed E-state index contributed by atoms with van der Waals surface area (Å²) >= 11 is 1.97. The molecule has 2 saturated heterocycles. The van der Waals surface area contributed by atoms with Crippen molar-refractivity contribution >= 4 is 30.1 Å². The topological polar surface area (TPSA) is 46.3 Å². The minimum Gasteiger partial charge on any atom is -0.341 e. The Bertz CT molecular complexity index is 234. The molecule has 5 heteroatoms. The zero-order chi connectivity index (χ0) is 10.7. The third kappa shape index (κ3) is 3.54. The normalized spacial score (nSPS) is 27.3. The van der Waals surface area contributed by atoms with Crippen molar-refractivity contribution in [3.8, 4) is 0 Å². The molecule has 1 atom stereocenters. The Morgan fingerprint density at radius 3 is 2.56 bits per heavy atom. The molecular weight excluding hydrogens is 244 g/mol. The van der Waals surface area contributed by atoms with Crippen LogP contribution in [0.1, 0.15) is 25.7 Å². The fourth-order valence-corrected chi connectivity index (χ4v) is 3.52. The Balaban J connectivity index is 0.00000128. The van der Waals surface area contributed by atoms with Crippen molar-refractivity contribution in [3.63, 3.8) is 0 Å². The van der Waals surface area contributed by atoms with Crippen molar-refractivity contribution in [1.82, 2.24) is 4.90 Å². The fraction of sp³-hybridized carbons (Fsp3) is 0.909. The molecule has 0 aromatic rings. The molecule has 3 nitrogen and oxygen atoms in total. The highest BCUT2D eigenvalue weighted by molar-refractivity contribution is 7.99. The van der Waals surface area contributed by atoms with E-state index in [0.717, 1.165) is 50.3 Å². The lowest BCUT2D eigenvalue weighted by atomic mass is 9.98. The molecule has 16 heavy (non-hydrogen) atoms. The summed E-state index contributed by atoms with van der Waals surface area (Å²) in [6.45, 7) is 1.71. The van der Waals surface area contributed by atoms with Gasteiger partial charge in [-0.25, -0.2) is 0 Å². The number of amides is 1. The van der Waals surface area contributed by atoms with Gasteiger partial charge in [-0.2, -0.15) is 11.8 Å². The summed E-state index contributed by atoms with van der Waals surface area (Å²) in [5.41, 5.74) is 5.89. The van der Waals surface area contributed by atoms with E-state index in [1.165, 1.54) is 0 Å². The predicted octanol–water partition coefficient (Wildman–Crippen LogP) is 1.50. The maximum absolute atomic E-state index is 12.2. The van der Waals surface area contributed by atoms with E-state index in [2.05, 4.69) is 0 Å². The van der Waals surface area contributed by atoms with Crippen LogP contribution in [0.25, 0.3) is 0 Å². The van der Waals surface area contributed by atoms with Gasteiger partial charge in [0.15, 0.2) is 0 Å². The second-order valence-corrected chi connectivity index (χ2v) is 5.80. The summed E-state index contributed by atoms with van der Waals surface area (Å²) in [5.74, 6) is 2.95. The minimum atomic E-state index is 0. The highest BCUT2D eigenvalue weighted by Gasteiger charge is 2.28. The molecule has 0 aromatic heterocycles. The number of halogens is 1. The van der Waals surface area contributed by atoms with E-state index in [4.69, 9.17) is 5.73 Å². The van der Waals surface area contributed by atoms with Crippen molar-refractivity contribution in [2.75, 3.05) is 24.6 Å². The number of carbonyl (C=O) groups excluding carboxylic acids is 1. The molecule has 2 rings (SSSR count). The third-order valence-corrected chi connectivity index (χ3v) is 4.39. The molecule has 2 N–H and O–H groups in total. The number of piperidine rings is 1. The SMILES string of the molecule is Cl.NC1CCCN(C(=O)C2CCSCC2)C1. The van der Waals surface area contributed by atoms with E-state index < -0.39 is 0 Å². The summed E-state index contributed by atoms with van der Waals surface area (Å²) < 4.78 is 0.